The van der Waals surface area contributed by atoms with Gasteiger partial charge in [-0.25, -0.2) is 9.59 Å². The number of carbonyl (C=O) groups is 2. The highest BCUT2D eigenvalue weighted by Crippen LogP contribution is 2.26. The van der Waals surface area contributed by atoms with Crippen LogP contribution in [0.2, 0.25) is 0 Å². The Hall–Kier alpha value is -3.09. The molecule has 1 aliphatic rings. The van der Waals surface area contributed by atoms with Crippen LogP contribution < -0.4 is 5.32 Å². The summed E-state index contributed by atoms with van der Waals surface area (Å²) >= 11 is 0. The van der Waals surface area contributed by atoms with Gasteiger partial charge in [-0.2, -0.15) is 5.10 Å². The van der Waals surface area contributed by atoms with Crippen molar-refractivity contribution in [3.8, 4) is 0 Å². The molecule has 0 saturated heterocycles. The Morgan fingerprint density at radius 1 is 1.32 bits per heavy atom. The molecule has 0 aliphatic carbocycles. The third-order valence-electron chi connectivity index (χ3n) is 5.23. The van der Waals surface area contributed by atoms with Crippen LogP contribution in [0.15, 0.2) is 30.8 Å². The van der Waals surface area contributed by atoms with Crippen molar-refractivity contribution in [2.75, 3.05) is 6.54 Å². The van der Waals surface area contributed by atoms with E-state index in [9.17, 15) is 14.7 Å². The lowest BCUT2D eigenvalue weighted by Crippen LogP contribution is -2.50. The second kappa shape index (κ2) is 7.14. The molecule has 7 heteroatoms. The molecule has 0 fully saturated rings. The van der Waals surface area contributed by atoms with Crippen molar-refractivity contribution in [3.63, 3.8) is 0 Å². The van der Waals surface area contributed by atoms with Crippen molar-refractivity contribution in [1.82, 2.24) is 20.0 Å². The van der Waals surface area contributed by atoms with E-state index < -0.39 is 11.5 Å². The average molecular weight is 382 g/mol. The Balaban J connectivity index is 1.77. The van der Waals surface area contributed by atoms with Gasteiger partial charge in [-0.15, -0.1) is 0 Å². The van der Waals surface area contributed by atoms with E-state index in [1.54, 1.807) is 16.6 Å². The van der Waals surface area contributed by atoms with Gasteiger partial charge in [-0.1, -0.05) is 30.4 Å². The van der Waals surface area contributed by atoms with Gasteiger partial charge in [0.2, 0.25) is 0 Å². The van der Waals surface area contributed by atoms with E-state index in [0.717, 1.165) is 22.4 Å². The van der Waals surface area contributed by atoms with Crippen molar-refractivity contribution >= 4 is 17.6 Å². The number of allylic oxidation sites excluding steroid dienone is 1. The molecule has 3 rings (SSSR count). The number of aromatic nitrogens is 2. The number of aromatic carboxylic acids is 1. The van der Waals surface area contributed by atoms with E-state index in [0.29, 0.717) is 25.1 Å². The van der Waals surface area contributed by atoms with Crippen LogP contribution in [0.4, 0.5) is 4.79 Å². The largest absolute Gasteiger partial charge is 0.476 e. The van der Waals surface area contributed by atoms with Crippen molar-refractivity contribution in [1.29, 1.82) is 0 Å². The minimum atomic E-state index is -1.03. The number of carboxylic acids is 1. The van der Waals surface area contributed by atoms with E-state index >= 15 is 0 Å². The van der Waals surface area contributed by atoms with Gasteiger partial charge in [0.15, 0.2) is 5.69 Å². The second-order valence-electron chi connectivity index (χ2n) is 7.79. The molecule has 2 N–H and O–H groups in total. The highest BCUT2D eigenvalue weighted by molar-refractivity contribution is 5.87. The standard InChI is InChI=1S/C21H26N4O3/c1-13(2)14-7-6-8-15(11-14)21(3,4)22-20(28)25-10-9-16-17(12-25)24(5)23-18(16)19(26)27/h6-8,11H,1,9-10,12H2,2-5H3,(H,22,28)(H,26,27). The number of nitrogens with zero attached hydrogens (tertiary/aromatic N) is 3. The second-order valence-corrected chi connectivity index (χ2v) is 7.79. The number of carboxylic acid groups (broad SMARTS) is 1. The number of fused-ring (bicyclic) bond motifs is 1. The molecule has 0 unspecified atom stereocenters. The van der Waals surface area contributed by atoms with Gasteiger partial charge in [-0.3, -0.25) is 4.68 Å². The molecule has 148 valence electrons. The molecule has 0 atom stereocenters. The third kappa shape index (κ3) is 3.65. The zero-order chi connectivity index (χ0) is 20.6. The molecule has 0 saturated carbocycles. The van der Waals surface area contributed by atoms with Gasteiger partial charge >= 0.3 is 12.0 Å². The zero-order valence-electron chi connectivity index (χ0n) is 16.7. The van der Waals surface area contributed by atoms with Gasteiger partial charge < -0.3 is 15.3 Å². The monoisotopic (exact) mass is 382 g/mol. The van der Waals surface area contributed by atoms with Crippen LogP contribution in [-0.2, 0) is 25.6 Å². The number of hydrogen-bond donors (Lipinski definition) is 2. The lowest BCUT2D eigenvalue weighted by atomic mass is 9.91. The summed E-state index contributed by atoms with van der Waals surface area (Å²) in [5.74, 6) is -1.03. The highest BCUT2D eigenvalue weighted by Gasteiger charge is 2.31. The fourth-order valence-electron chi connectivity index (χ4n) is 3.51. The number of carbonyl (C=O) groups excluding carboxylic acids is 1. The molecule has 2 amide bonds. The Morgan fingerprint density at radius 3 is 2.68 bits per heavy atom. The predicted octanol–water partition coefficient (Wildman–Crippen LogP) is 3.15. The summed E-state index contributed by atoms with van der Waals surface area (Å²) in [5.41, 5.74) is 3.99. The van der Waals surface area contributed by atoms with Crippen molar-refractivity contribution in [2.24, 2.45) is 7.05 Å². The van der Waals surface area contributed by atoms with Gasteiger partial charge in [0.1, 0.15) is 0 Å². The maximum Gasteiger partial charge on any atom is 0.356 e. The van der Waals surface area contributed by atoms with Crippen LogP contribution in [0.25, 0.3) is 5.57 Å². The van der Waals surface area contributed by atoms with Crippen molar-refractivity contribution in [2.45, 2.75) is 39.3 Å². The highest BCUT2D eigenvalue weighted by atomic mass is 16.4. The quantitative estimate of drug-likeness (QED) is 0.850. The molecule has 7 nitrogen and oxygen atoms in total. The molecule has 0 spiro atoms. The van der Waals surface area contributed by atoms with Gasteiger partial charge in [-0.05, 0) is 44.4 Å². The summed E-state index contributed by atoms with van der Waals surface area (Å²) < 4.78 is 1.56. The number of benzene rings is 1. The van der Waals surface area contributed by atoms with E-state index in [1.807, 2.05) is 45.0 Å². The molecule has 28 heavy (non-hydrogen) atoms. The lowest BCUT2D eigenvalue weighted by Gasteiger charge is -2.33. The van der Waals surface area contributed by atoms with E-state index in [-0.39, 0.29) is 11.7 Å². The summed E-state index contributed by atoms with van der Waals surface area (Å²) in [5, 5.41) is 16.5. The Morgan fingerprint density at radius 2 is 2.04 bits per heavy atom. The minimum Gasteiger partial charge on any atom is -0.476 e. The first kappa shape index (κ1) is 19.7. The third-order valence-corrected chi connectivity index (χ3v) is 5.23. The molecule has 0 radical (unpaired) electrons. The Labute approximate surface area is 164 Å². The number of rotatable bonds is 4. The van der Waals surface area contributed by atoms with Gasteiger partial charge in [0.25, 0.3) is 0 Å². The van der Waals surface area contributed by atoms with Crippen LogP contribution in [-0.4, -0.2) is 38.3 Å². The number of nitrogens with one attached hydrogen (secondary N) is 1. The topological polar surface area (TPSA) is 87.5 Å². The fraction of sp³-hybridized carbons (Fsp3) is 0.381. The first-order chi connectivity index (χ1) is 13.1. The SMILES string of the molecule is C=C(C)c1cccc(C(C)(C)NC(=O)N2CCc3c(C(=O)O)nn(C)c3C2)c1. The molecular weight excluding hydrogens is 356 g/mol. The van der Waals surface area contributed by atoms with E-state index in [1.165, 1.54) is 0 Å². The number of urea groups is 1. The summed E-state index contributed by atoms with van der Waals surface area (Å²) in [6.07, 6.45) is 0.476. The number of hydrogen-bond acceptors (Lipinski definition) is 3. The normalized spacial score (nSPS) is 13.8. The molecule has 1 aromatic heterocycles. The zero-order valence-corrected chi connectivity index (χ0v) is 16.7. The molecule has 2 aromatic rings. The fourth-order valence-corrected chi connectivity index (χ4v) is 3.51. The first-order valence-corrected chi connectivity index (χ1v) is 9.21. The summed E-state index contributed by atoms with van der Waals surface area (Å²) in [6, 6.07) is 7.80. The van der Waals surface area contributed by atoms with Crippen molar-refractivity contribution < 1.29 is 14.7 Å². The first-order valence-electron chi connectivity index (χ1n) is 9.21. The Bertz CT molecular complexity index is 959. The summed E-state index contributed by atoms with van der Waals surface area (Å²) in [4.78, 5) is 26.0. The Kier molecular flexibility index (Phi) is 5.02. The minimum absolute atomic E-state index is 0.0782. The maximum atomic E-state index is 12.9. The number of aryl methyl sites for hydroxylation is 1. The van der Waals surface area contributed by atoms with Crippen molar-refractivity contribution in [3.05, 3.63) is 58.9 Å². The molecule has 1 aromatic carbocycles. The van der Waals surface area contributed by atoms with E-state index in [4.69, 9.17) is 0 Å². The lowest BCUT2D eigenvalue weighted by molar-refractivity contribution is 0.0688. The van der Waals surface area contributed by atoms with Gasteiger partial charge in [0, 0.05) is 19.2 Å². The summed E-state index contributed by atoms with van der Waals surface area (Å²) in [7, 11) is 1.71. The predicted molar refractivity (Wildman–Crippen MR) is 107 cm³/mol. The summed E-state index contributed by atoms with van der Waals surface area (Å²) in [6.45, 7) is 10.6. The van der Waals surface area contributed by atoms with Crippen LogP contribution >= 0.6 is 0 Å². The van der Waals surface area contributed by atoms with Gasteiger partial charge in [0.05, 0.1) is 17.8 Å². The molecule has 2 heterocycles. The average Bonchev–Trinajstić information content (AvgIpc) is 2.98. The molecular formula is C21H26N4O3. The van der Waals surface area contributed by atoms with E-state index in [2.05, 4.69) is 17.0 Å². The smallest absolute Gasteiger partial charge is 0.356 e. The molecule has 0 bridgehead atoms. The van der Waals surface area contributed by atoms with Crippen LogP contribution in [0.5, 0.6) is 0 Å². The van der Waals surface area contributed by atoms with Crippen LogP contribution in [0.1, 0.15) is 53.6 Å². The number of amides is 2. The molecule has 1 aliphatic heterocycles. The van der Waals surface area contributed by atoms with Crippen LogP contribution in [0.3, 0.4) is 0 Å². The van der Waals surface area contributed by atoms with Crippen LogP contribution in [0, 0.1) is 0 Å². The maximum absolute atomic E-state index is 12.9.